The number of ether oxygens (including phenoxy) is 1. The minimum atomic E-state index is -0.945. The normalized spacial score (nSPS) is 11.9. The van der Waals surface area contributed by atoms with Crippen LogP contribution in [0, 0.1) is 5.92 Å². The molecule has 0 saturated carbocycles. The highest BCUT2D eigenvalue weighted by Gasteiger charge is 2.15. The van der Waals surface area contributed by atoms with E-state index in [4.69, 9.17) is 14.3 Å². The van der Waals surface area contributed by atoms with Gasteiger partial charge in [-0.3, -0.25) is 9.59 Å². The van der Waals surface area contributed by atoms with Crippen molar-refractivity contribution < 1.29 is 23.8 Å². The summed E-state index contributed by atoms with van der Waals surface area (Å²) in [4.78, 5) is 22.7. The molecule has 3 N–H and O–H groups in total. The summed E-state index contributed by atoms with van der Waals surface area (Å²) < 4.78 is 12.0. The number of carboxylic acids is 1. The Balaban J connectivity index is 1.32. The van der Waals surface area contributed by atoms with E-state index in [-0.39, 0.29) is 24.9 Å². The van der Waals surface area contributed by atoms with E-state index < -0.39 is 5.97 Å². The molecule has 186 valence electrons. The fraction of sp³-hybridized carbons (Fsp3) is 0.241. The van der Waals surface area contributed by atoms with Crippen LogP contribution in [0.15, 0.2) is 83.3 Å². The van der Waals surface area contributed by atoms with Crippen LogP contribution in [0.25, 0.3) is 22.3 Å². The van der Waals surface area contributed by atoms with Gasteiger partial charge in [-0.1, -0.05) is 32.0 Å². The van der Waals surface area contributed by atoms with Crippen LogP contribution in [0.3, 0.4) is 0 Å². The van der Waals surface area contributed by atoms with Crippen LogP contribution in [0.4, 0.5) is 5.69 Å². The van der Waals surface area contributed by atoms with E-state index >= 15 is 0 Å². The third-order valence-corrected chi connectivity index (χ3v) is 5.92. The Morgan fingerprint density at radius 2 is 1.69 bits per heavy atom. The van der Waals surface area contributed by atoms with E-state index in [1.54, 1.807) is 12.1 Å². The lowest BCUT2D eigenvalue weighted by Gasteiger charge is -2.24. The lowest BCUT2D eigenvalue weighted by molar-refractivity contribution is -0.136. The number of aliphatic carboxylic acids is 1. The molecule has 7 heteroatoms. The molecule has 1 amide bonds. The number of carboxylic acid groups (broad SMARTS) is 1. The molecule has 0 unspecified atom stereocenters. The molecule has 1 heterocycles. The van der Waals surface area contributed by atoms with Crippen molar-refractivity contribution in [2.75, 3.05) is 18.5 Å². The van der Waals surface area contributed by atoms with E-state index in [1.807, 2.05) is 66.7 Å². The zero-order chi connectivity index (χ0) is 25.5. The van der Waals surface area contributed by atoms with Gasteiger partial charge in [0.1, 0.15) is 23.7 Å². The monoisotopic (exact) mass is 486 g/mol. The summed E-state index contributed by atoms with van der Waals surface area (Å²) in [5.74, 6) is 0.662. The largest absolute Gasteiger partial charge is 0.491 e. The zero-order valence-corrected chi connectivity index (χ0v) is 20.4. The Labute approximate surface area is 210 Å². The van der Waals surface area contributed by atoms with Crippen molar-refractivity contribution >= 4 is 28.5 Å². The van der Waals surface area contributed by atoms with E-state index in [0.29, 0.717) is 18.1 Å². The molecule has 0 bridgehead atoms. The number of para-hydroxylation sites is 1. The number of furan rings is 1. The van der Waals surface area contributed by atoms with Crippen molar-refractivity contribution in [1.82, 2.24) is 5.32 Å². The first-order valence-corrected chi connectivity index (χ1v) is 12.0. The average molecular weight is 487 g/mol. The second-order valence-corrected chi connectivity index (χ2v) is 8.96. The molecule has 0 fully saturated rings. The molecule has 1 atom stereocenters. The molecule has 36 heavy (non-hydrogen) atoms. The summed E-state index contributed by atoms with van der Waals surface area (Å²) in [6, 6.07) is 25.0. The third kappa shape index (κ3) is 6.44. The van der Waals surface area contributed by atoms with Gasteiger partial charge in [-0.05, 0) is 66.6 Å². The predicted molar refractivity (Wildman–Crippen MR) is 140 cm³/mol. The molecular weight excluding hydrogens is 456 g/mol. The summed E-state index contributed by atoms with van der Waals surface area (Å²) >= 11 is 0. The highest BCUT2D eigenvalue weighted by molar-refractivity contribution is 5.94. The van der Waals surface area contributed by atoms with Gasteiger partial charge >= 0.3 is 5.97 Å². The number of hydrogen-bond acceptors (Lipinski definition) is 5. The van der Waals surface area contributed by atoms with Gasteiger partial charge in [0.25, 0.3) is 5.91 Å². The third-order valence-electron chi connectivity index (χ3n) is 5.92. The molecule has 0 saturated heterocycles. The molecule has 0 radical (unpaired) electrons. The molecule has 1 aromatic heterocycles. The van der Waals surface area contributed by atoms with Crippen LogP contribution < -0.4 is 15.4 Å². The van der Waals surface area contributed by atoms with Crippen LogP contribution in [0.2, 0.25) is 0 Å². The molecule has 3 aromatic carbocycles. The highest BCUT2D eigenvalue weighted by Crippen LogP contribution is 2.29. The first kappa shape index (κ1) is 24.9. The summed E-state index contributed by atoms with van der Waals surface area (Å²) in [5, 5.41) is 15.8. The first-order valence-electron chi connectivity index (χ1n) is 12.0. The average Bonchev–Trinajstić information content (AvgIpc) is 3.31. The molecular formula is C29H30N2O5. The zero-order valence-electron chi connectivity index (χ0n) is 20.4. The second kappa shape index (κ2) is 11.4. The molecule has 4 aromatic rings. The minimum absolute atomic E-state index is 0.0512. The van der Waals surface area contributed by atoms with Gasteiger partial charge in [-0.2, -0.15) is 0 Å². The van der Waals surface area contributed by atoms with Gasteiger partial charge in [0.2, 0.25) is 0 Å². The molecule has 0 aliphatic carbocycles. The number of amides is 1. The van der Waals surface area contributed by atoms with Crippen LogP contribution >= 0.6 is 0 Å². The van der Waals surface area contributed by atoms with Gasteiger partial charge in [0.15, 0.2) is 0 Å². The Bertz CT molecular complexity index is 1280. The summed E-state index contributed by atoms with van der Waals surface area (Å²) in [7, 11) is 0. The fourth-order valence-electron chi connectivity index (χ4n) is 3.74. The summed E-state index contributed by atoms with van der Waals surface area (Å²) in [6.45, 7) is 4.81. The molecule has 0 aliphatic rings. The second-order valence-electron chi connectivity index (χ2n) is 8.96. The summed E-state index contributed by atoms with van der Waals surface area (Å²) in [6.07, 6.45) is -0.107. The number of carbonyl (C=O) groups excluding carboxylic acids is 1. The quantitative estimate of drug-likeness (QED) is 0.247. The van der Waals surface area contributed by atoms with E-state index in [2.05, 4.69) is 24.5 Å². The maximum absolute atomic E-state index is 12.1. The van der Waals surface area contributed by atoms with Crippen LogP contribution in [-0.4, -0.2) is 36.2 Å². The highest BCUT2D eigenvalue weighted by atomic mass is 16.5. The van der Waals surface area contributed by atoms with Crippen molar-refractivity contribution in [2.45, 2.75) is 26.3 Å². The lowest BCUT2D eigenvalue weighted by atomic mass is 10.0. The topological polar surface area (TPSA) is 101 Å². The maximum Gasteiger partial charge on any atom is 0.305 e. The van der Waals surface area contributed by atoms with Gasteiger partial charge in [-0.15, -0.1) is 0 Å². The number of nitrogens with one attached hydrogen (secondary N) is 2. The number of hydrogen-bond donors (Lipinski definition) is 3. The summed E-state index contributed by atoms with van der Waals surface area (Å²) in [5.41, 5.74) is 3.21. The van der Waals surface area contributed by atoms with Crippen molar-refractivity contribution in [3.8, 4) is 17.1 Å². The maximum atomic E-state index is 12.1. The Morgan fingerprint density at radius 1 is 0.972 bits per heavy atom. The van der Waals surface area contributed by atoms with Crippen molar-refractivity contribution in [3.63, 3.8) is 0 Å². The minimum Gasteiger partial charge on any atom is -0.491 e. The Morgan fingerprint density at radius 3 is 2.36 bits per heavy atom. The van der Waals surface area contributed by atoms with Gasteiger partial charge in [0, 0.05) is 28.7 Å². The molecule has 0 aliphatic heterocycles. The standard InChI is InChI=1S/C29H30N2O5/c1-19(2)25(31-23-11-7-21(8-12-23)29(34)30-16-15-28(32)33)18-35-24-13-9-20(10-14-24)27-17-22-5-3-4-6-26(22)36-27/h3-14,17,19,25,31H,15-16,18H2,1-2H3,(H,30,34)(H,32,33)/t25-/m1/s1. The van der Waals surface area contributed by atoms with E-state index in [0.717, 1.165) is 33.7 Å². The number of fused-ring (bicyclic) bond motifs is 1. The van der Waals surface area contributed by atoms with Crippen molar-refractivity contribution in [2.24, 2.45) is 5.92 Å². The number of benzene rings is 3. The van der Waals surface area contributed by atoms with E-state index in [1.165, 1.54) is 0 Å². The van der Waals surface area contributed by atoms with Gasteiger partial charge < -0.3 is 24.9 Å². The SMILES string of the molecule is CC(C)[C@@H](COc1ccc(-c2cc3ccccc3o2)cc1)Nc1ccc(C(=O)NCCC(=O)O)cc1. The van der Waals surface area contributed by atoms with Crippen molar-refractivity contribution in [3.05, 3.63) is 84.4 Å². The fourth-order valence-corrected chi connectivity index (χ4v) is 3.74. The van der Waals surface area contributed by atoms with Crippen LogP contribution in [0.1, 0.15) is 30.6 Å². The number of carbonyl (C=O) groups is 2. The van der Waals surface area contributed by atoms with Crippen LogP contribution in [0.5, 0.6) is 5.75 Å². The molecule has 7 nitrogen and oxygen atoms in total. The molecule has 0 spiro atoms. The van der Waals surface area contributed by atoms with E-state index in [9.17, 15) is 9.59 Å². The number of anilines is 1. The van der Waals surface area contributed by atoms with Crippen molar-refractivity contribution in [1.29, 1.82) is 0 Å². The Hall–Kier alpha value is -4.26. The predicted octanol–water partition coefficient (Wildman–Crippen LogP) is 5.82. The van der Waals surface area contributed by atoms with Crippen LogP contribution in [-0.2, 0) is 4.79 Å². The number of rotatable bonds is 11. The van der Waals surface area contributed by atoms with Gasteiger partial charge in [0.05, 0.1) is 12.5 Å². The smallest absolute Gasteiger partial charge is 0.305 e. The van der Waals surface area contributed by atoms with Gasteiger partial charge in [-0.25, -0.2) is 0 Å². The first-order chi connectivity index (χ1) is 17.4. The molecule has 4 rings (SSSR count). The lowest BCUT2D eigenvalue weighted by Crippen LogP contribution is -2.32. The Kier molecular flexibility index (Phi) is 7.90.